The fraction of sp³-hybridized carbons (Fsp3) is 0.931. The highest BCUT2D eigenvalue weighted by Crippen LogP contribution is 2.54. The number of ether oxygens (including phenoxy) is 4. The predicted octanol–water partition coefficient (Wildman–Crippen LogP) is 0.638. The molecule has 6 fully saturated rings. The van der Waals surface area contributed by atoms with Crippen molar-refractivity contribution in [1.29, 1.82) is 0 Å². The molecule has 0 aromatic carbocycles. The van der Waals surface area contributed by atoms with Crippen molar-refractivity contribution in [3.8, 4) is 0 Å². The molecule has 0 bridgehead atoms. The third-order valence-corrected chi connectivity index (χ3v) is 10.8. The normalized spacial score (nSPS) is 42.0. The standard InChI is InChI=1S/C29H48N4O6/c1-36-23-7-5-20-25(28(23)37-2)29(35)33-22-6-4-18(16-21(22)19-8-10-31-26(20)27(19)33)39-17-24(34)30-9-3-11-32-12-14-38-15-13-32/h18-23,25-28,31H,3-17H2,1-2H3,(H,30,34). The Kier molecular flexibility index (Phi) is 8.77. The second-order valence-corrected chi connectivity index (χ2v) is 12.5. The van der Waals surface area contributed by atoms with E-state index in [-0.39, 0.29) is 54.7 Å². The molecule has 0 radical (unpaired) electrons. The van der Waals surface area contributed by atoms with E-state index < -0.39 is 0 Å². The van der Waals surface area contributed by atoms with Gasteiger partial charge in [-0.15, -0.1) is 0 Å². The predicted molar refractivity (Wildman–Crippen MR) is 144 cm³/mol. The number of nitrogens with one attached hydrogen (secondary N) is 2. The molecule has 39 heavy (non-hydrogen) atoms. The van der Waals surface area contributed by atoms with Gasteiger partial charge in [-0.1, -0.05) is 0 Å². The molecule has 6 rings (SSSR count). The van der Waals surface area contributed by atoms with E-state index in [0.29, 0.717) is 30.3 Å². The summed E-state index contributed by atoms with van der Waals surface area (Å²) in [4.78, 5) is 31.3. The van der Waals surface area contributed by atoms with Gasteiger partial charge in [0, 0.05) is 45.9 Å². The van der Waals surface area contributed by atoms with Gasteiger partial charge in [0.2, 0.25) is 11.8 Å². The SMILES string of the molecule is COC1CCC2C3NCCC4C5CC(OCC(=O)NCCCN6CCOCC6)CCC5N(C(=O)C2C1OC)C43. The van der Waals surface area contributed by atoms with Crippen molar-refractivity contribution < 1.29 is 28.5 Å². The molecule has 2 amide bonds. The molecule has 4 heterocycles. The molecule has 0 aromatic rings. The first-order chi connectivity index (χ1) is 19.1. The van der Waals surface area contributed by atoms with Crippen molar-refractivity contribution in [1.82, 2.24) is 20.4 Å². The second-order valence-electron chi connectivity index (χ2n) is 12.5. The van der Waals surface area contributed by atoms with Crippen LogP contribution in [0.1, 0.15) is 44.9 Å². The van der Waals surface area contributed by atoms with E-state index in [0.717, 1.165) is 84.3 Å². The van der Waals surface area contributed by atoms with Crippen molar-refractivity contribution >= 4 is 11.8 Å². The molecule has 10 atom stereocenters. The Bertz CT molecular complexity index is 871. The first-order valence-corrected chi connectivity index (χ1v) is 15.4. The van der Waals surface area contributed by atoms with E-state index >= 15 is 0 Å². The molecule has 2 N–H and O–H groups in total. The Balaban J connectivity index is 1.04. The van der Waals surface area contributed by atoms with Crippen molar-refractivity contribution in [3.63, 3.8) is 0 Å². The minimum atomic E-state index is -0.185. The van der Waals surface area contributed by atoms with Crippen molar-refractivity contribution in [3.05, 3.63) is 0 Å². The van der Waals surface area contributed by atoms with E-state index in [4.69, 9.17) is 18.9 Å². The molecule has 2 aliphatic carbocycles. The average Bonchev–Trinajstić information content (AvgIpc) is 3.31. The van der Waals surface area contributed by atoms with Gasteiger partial charge in [0.15, 0.2) is 0 Å². The Hall–Kier alpha value is -1.30. The van der Waals surface area contributed by atoms with Gasteiger partial charge in [-0.05, 0) is 75.8 Å². The summed E-state index contributed by atoms with van der Waals surface area (Å²) in [5.41, 5.74) is 0. The zero-order valence-corrected chi connectivity index (χ0v) is 23.7. The van der Waals surface area contributed by atoms with Gasteiger partial charge in [-0.3, -0.25) is 14.5 Å². The zero-order chi connectivity index (χ0) is 26.9. The number of hydrogen-bond acceptors (Lipinski definition) is 8. The highest BCUT2D eigenvalue weighted by atomic mass is 16.5. The van der Waals surface area contributed by atoms with Crippen molar-refractivity contribution in [2.24, 2.45) is 23.7 Å². The lowest BCUT2D eigenvalue weighted by Gasteiger charge is -2.55. The third-order valence-electron chi connectivity index (χ3n) is 10.8. The van der Waals surface area contributed by atoms with E-state index in [1.165, 1.54) is 0 Å². The zero-order valence-electron chi connectivity index (χ0n) is 23.7. The highest BCUT2D eigenvalue weighted by Gasteiger charge is 2.64. The molecule has 220 valence electrons. The van der Waals surface area contributed by atoms with Gasteiger partial charge >= 0.3 is 0 Å². The lowest BCUT2D eigenvalue weighted by molar-refractivity contribution is -0.175. The minimum absolute atomic E-state index is 0.0239. The van der Waals surface area contributed by atoms with Gasteiger partial charge in [-0.2, -0.15) is 0 Å². The molecule has 0 spiro atoms. The molecule has 10 nitrogen and oxygen atoms in total. The largest absolute Gasteiger partial charge is 0.379 e. The lowest BCUT2D eigenvalue weighted by atomic mass is 9.64. The molecule has 10 heteroatoms. The van der Waals surface area contributed by atoms with Gasteiger partial charge in [0.25, 0.3) is 0 Å². The molecular formula is C29H48N4O6. The maximum absolute atomic E-state index is 14.1. The second kappa shape index (κ2) is 12.3. The van der Waals surface area contributed by atoms with Crippen LogP contribution >= 0.6 is 0 Å². The van der Waals surface area contributed by atoms with Crippen LogP contribution in [0.4, 0.5) is 0 Å². The van der Waals surface area contributed by atoms with Crippen LogP contribution in [0.2, 0.25) is 0 Å². The van der Waals surface area contributed by atoms with Gasteiger partial charge in [0.1, 0.15) is 6.61 Å². The van der Waals surface area contributed by atoms with E-state index in [1.807, 2.05) is 0 Å². The molecule has 2 saturated carbocycles. The number of piperidine rings is 2. The van der Waals surface area contributed by atoms with Crippen LogP contribution < -0.4 is 10.6 Å². The van der Waals surface area contributed by atoms with Crippen LogP contribution in [0.15, 0.2) is 0 Å². The smallest absolute Gasteiger partial charge is 0.246 e. The summed E-state index contributed by atoms with van der Waals surface area (Å²) in [7, 11) is 3.46. The van der Waals surface area contributed by atoms with Crippen LogP contribution in [0.5, 0.6) is 0 Å². The molecular weight excluding hydrogens is 500 g/mol. The number of fused-ring (bicyclic) bond motifs is 5. The Labute approximate surface area is 232 Å². The number of methoxy groups -OCH3 is 2. The summed E-state index contributed by atoms with van der Waals surface area (Å²) in [6.45, 7) is 6.36. The number of hydrogen-bond donors (Lipinski definition) is 2. The maximum Gasteiger partial charge on any atom is 0.246 e. The molecule has 10 unspecified atom stereocenters. The third kappa shape index (κ3) is 5.37. The van der Waals surface area contributed by atoms with Crippen molar-refractivity contribution in [2.45, 2.75) is 81.4 Å². The van der Waals surface area contributed by atoms with Crippen LogP contribution in [-0.2, 0) is 28.5 Å². The number of carbonyl (C=O) groups excluding carboxylic acids is 2. The number of carbonyl (C=O) groups is 2. The number of nitrogens with zero attached hydrogens (tertiary/aromatic N) is 2. The fourth-order valence-electron chi connectivity index (χ4n) is 9.09. The minimum Gasteiger partial charge on any atom is -0.379 e. The highest BCUT2D eigenvalue weighted by molar-refractivity contribution is 5.83. The molecule has 4 aliphatic heterocycles. The Morgan fingerprint density at radius 1 is 1.05 bits per heavy atom. The van der Waals surface area contributed by atoms with E-state index in [1.54, 1.807) is 14.2 Å². The van der Waals surface area contributed by atoms with Gasteiger partial charge < -0.3 is 34.5 Å². The first kappa shape index (κ1) is 27.8. The summed E-state index contributed by atoms with van der Waals surface area (Å²) >= 11 is 0. The number of morpholine rings is 1. The Morgan fingerprint density at radius 3 is 2.69 bits per heavy atom. The number of amides is 2. The topological polar surface area (TPSA) is 102 Å². The number of rotatable bonds is 9. The summed E-state index contributed by atoms with van der Waals surface area (Å²) in [5, 5.41) is 6.87. The lowest BCUT2D eigenvalue weighted by Crippen LogP contribution is -2.70. The summed E-state index contributed by atoms with van der Waals surface area (Å²) in [5.74, 6) is 1.37. The van der Waals surface area contributed by atoms with Crippen LogP contribution in [0.3, 0.4) is 0 Å². The summed E-state index contributed by atoms with van der Waals surface area (Å²) < 4.78 is 23.3. The monoisotopic (exact) mass is 548 g/mol. The maximum atomic E-state index is 14.1. The first-order valence-electron chi connectivity index (χ1n) is 15.4. The van der Waals surface area contributed by atoms with E-state index in [2.05, 4.69) is 20.4 Å². The van der Waals surface area contributed by atoms with Crippen molar-refractivity contribution in [2.75, 3.05) is 66.8 Å². The fourth-order valence-corrected chi connectivity index (χ4v) is 9.09. The van der Waals surface area contributed by atoms with Crippen LogP contribution in [-0.4, -0.2) is 125 Å². The quantitative estimate of drug-likeness (QED) is 0.405. The van der Waals surface area contributed by atoms with Gasteiger partial charge in [-0.25, -0.2) is 0 Å². The summed E-state index contributed by atoms with van der Waals surface area (Å²) in [6.07, 6.45) is 6.66. The van der Waals surface area contributed by atoms with Crippen LogP contribution in [0, 0.1) is 23.7 Å². The summed E-state index contributed by atoms with van der Waals surface area (Å²) in [6, 6.07) is 0.868. The molecule has 4 saturated heterocycles. The molecule has 6 aliphatic rings. The Morgan fingerprint density at radius 2 is 1.90 bits per heavy atom. The van der Waals surface area contributed by atoms with E-state index in [9.17, 15) is 9.59 Å². The van der Waals surface area contributed by atoms with Gasteiger partial charge in [0.05, 0.1) is 43.5 Å². The molecule has 0 aromatic heterocycles. The average molecular weight is 549 g/mol. The van der Waals surface area contributed by atoms with Crippen LogP contribution in [0.25, 0.3) is 0 Å².